The van der Waals surface area contributed by atoms with Crippen molar-refractivity contribution in [2.45, 2.75) is 37.2 Å². The van der Waals surface area contributed by atoms with Gasteiger partial charge in [-0.1, -0.05) is 6.07 Å². The van der Waals surface area contributed by atoms with Gasteiger partial charge in [0.25, 0.3) is 5.91 Å². The quantitative estimate of drug-likeness (QED) is 0.737. The lowest BCUT2D eigenvalue weighted by molar-refractivity contribution is 0.0942. The second-order valence-electron chi connectivity index (χ2n) is 7.58. The fourth-order valence-corrected chi connectivity index (χ4v) is 4.90. The van der Waals surface area contributed by atoms with Gasteiger partial charge in [-0.25, -0.2) is 13.1 Å². The predicted octanol–water partition coefficient (Wildman–Crippen LogP) is 2.86. The highest BCUT2D eigenvalue weighted by atomic mass is 32.2. The molecule has 0 bridgehead atoms. The SMILES string of the molecule is CN(C)C(CNC(=O)c1ccc(S(=O)(=O)NC(C)(C)C)cc1)c1cccs1. The van der Waals surface area contributed by atoms with Crippen LogP contribution in [0, 0.1) is 0 Å². The van der Waals surface area contributed by atoms with Crippen molar-refractivity contribution in [1.82, 2.24) is 14.9 Å². The van der Waals surface area contributed by atoms with Crippen molar-refractivity contribution < 1.29 is 13.2 Å². The molecule has 1 aromatic carbocycles. The molecule has 1 unspecified atom stereocenters. The third-order valence-corrected chi connectivity index (χ3v) is 6.57. The van der Waals surface area contributed by atoms with E-state index < -0.39 is 15.6 Å². The number of nitrogens with one attached hydrogen (secondary N) is 2. The maximum Gasteiger partial charge on any atom is 0.251 e. The molecule has 0 saturated carbocycles. The molecule has 148 valence electrons. The van der Waals surface area contributed by atoms with Gasteiger partial charge in [-0.05, 0) is 70.6 Å². The highest BCUT2D eigenvalue weighted by Crippen LogP contribution is 2.22. The number of likely N-dealkylation sites (N-methyl/N-ethyl adjacent to an activating group) is 1. The van der Waals surface area contributed by atoms with Crippen LogP contribution < -0.4 is 10.0 Å². The molecule has 0 aliphatic heterocycles. The fourth-order valence-electron chi connectivity index (χ4n) is 2.56. The molecule has 1 atom stereocenters. The van der Waals surface area contributed by atoms with E-state index >= 15 is 0 Å². The van der Waals surface area contributed by atoms with Crippen LogP contribution in [0.25, 0.3) is 0 Å². The Kier molecular flexibility index (Phi) is 6.80. The molecule has 0 fully saturated rings. The van der Waals surface area contributed by atoms with Crippen molar-refractivity contribution in [2.24, 2.45) is 0 Å². The number of amides is 1. The third-order valence-electron chi connectivity index (χ3n) is 3.82. The first-order chi connectivity index (χ1) is 12.5. The molecule has 0 spiro atoms. The molecule has 8 heteroatoms. The number of rotatable bonds is 7. The Labute approximate surface area is 165 Å². The maximum atomic E-state index is 12.4. The van der Waals surface area contributed by atoms with Gasteiger partial charge in [-0.3, -0.25) is 4.79 Å². The summed E-state index contributed by atoms with van der Waals surface area (Å²) in [5, 5.41) is 4.94. The molecule has 1 aromatic heterocycles. The largest absolute Gasteiger partial charge is 0.350 e. The van der Waals surface area contributed by atoms with Gasteiger partial charge in [0.15, 0.2) is 0 Å². The van der Waals surface area contributed by atoms with E-state index in [4.69, 9.17) is 0 Å². The Bertz CT molecular complexity index is 853. The number of hydrogen-bond donors (Lipinski definition) is 2. The topological polar surface area (TPSA) is 78.5 Å². The summed E-state index contributed by atoms with van der Waals surface area (Å²) < 4.78 is 27.3. The first kappa shape index (κ1) is 21.6. The summed E-state index contributed by atoms with van der Waals surface area (Å²) in [6, 6.07) is 10.1. The Balaban J connectivity index is 2.05. The van der Waals surface area contributed by atoms with Crippen molar-refractivity contribution in [2.75, 3.05) is 20.6 Å². The van der Waals surface area contributed by atoms with E-state index in [9.17, 15) is 13.2 Å². The van der Waals surface area contributed by atoms with Crippen LogP contribution in [0.5, 0.6) is 0 Å². The van der Waals surface area contributed by atoms with Gasteiger partial charge >= 0.3 is 0 Å². The molecule has 0 aliphatic rings. The average Bonchev–Trinajstić information content (AvgIpc) is 3.06. The van der Waals surface area contributed by atoms with Crippen LogP contribution in [0.2, 0.25) is 0 Å². The van der Waals surface area contributed by atoms with E-state index in [1.54, 1.807) is 32.1 Å². The van der Waals surface area contributed by atoms with E-state index in [1.807, 2.05) is 31.6 Å². The van der Waals surface area contributed by atoms with E-state index in [-0.39, 0.29) is 16.8 Å². The maximum absolute atomic E-state index is 12.4. The molecular formula is C19H27N3O3S2. The summed E-state index contributed by atoms with van der Waals surface area (Å²) in [6.07, 6.45) is 0. The summed E-state index contributed by atoms with van der Waals surface area (Å²) >= 11 is 1.65. The highest BCUT2D eigenvalue weighted by molar-refractivity contribution is 7.89. The minimum atomic E-state index is -3.61. The summed E-state index contributed by atoms with van der Waals surface area (Å²) in [5.74, 6) is -0.230. The summed E-state index contributed by atoms with van der Waals surface area (Å²) in [6.45, 7) is 5.81. The molecule has 6 nitrogen and oxygen atoms in total. The molecule has 2 N–H and O–H groups in total. The first-order valence-electron chi connectivity index (χ1n) is 8.62. The van der Waals surface area contributed by atoms with Gasteiger partial charge in [-0.2, -0.15) is 0 Å². The van der Waals surface area contributed by atoms with Crippen LogP contribution in [0.1, 0.15) is 42.0 Å². The molecule has 0 saturated heterocycles. The minimum Gasteiger partial charge on any atom is -0.350 e. The second-order valence-corrected chi connectivity index (χ2v) is 10.2. The summed E-state index contributed by atoms with van der Waals surface area (Å²) in [7, 11) is 0.327. The van der Waals surface area contributed by atoms with Crippen molar-refractivity contribution in [3.05, 3.63) is 52.2 Å². The first-order valence-corrected chi connectivity index (χ1v) is 11.0. The molecular weight excluding hydrogens is 382 g/mol. The van der Waals surface area contributed by atoms with Crippen LogP contribution in [-0.4, -0.2) is 45.4 Å². The van der Waals surface area contributed by atoms with E-state index in [2.05, 4.69) is 14.9 Å². The number of sulfonamides is 1. The molecule has 0 aliphatic carbocycles. The van der Waals surface area contributed by atoms with Gasteiger partial charge in [0, 0.05) is 22.5 Å². The number of thiophene rings is 1. The minimum absolute atomic E-state index is 0.0876. The van der Waals surface area contributed by atoms with E-state index in [0.717, 1.165) is 0 Å². The summed E-state index contributed by atoms with van der Waals surface area (Å²) in [4.78, 5) is 15.8. The van der Waals surface area contributed by atoms with Gasteiger partial charge in [0.2, 0.25) is 10.0 Å². The van der Waals surface area contributed by atoms with Crippen LogP contribution in [0.3, 0.4) is 0 Å². The van der Waals surface area contributed by atoms with E-state index in [0.29, 0.717) is 12.1 Å². The smallest absolute Gasteiger partial charge is 0.251 e. The molecule has 1 heterocycles. The molecule has 2 aromatic rings. The normalized spacial score (nSPS) is 13.6. The zero-order chi connectivity index (χ0) is 20.2. The predicted molar refractivity (Wildman–Crippen MR) is 110 cm³/mol. The molecule has 2 rings (SSSR count). The lowest BCUT2D eigenvalue weighted by atomic mass is 10.1. The summed E-state index contributed by atoms with van der Waals surface area (Å²) in [5.41, 5.74) is -0.147. The zero-order valence-electron chi connectivity index (χ0n) is 16.3. The number of carbonyl (C=O) groups is 1. The van der Waals surface area contributed by atoms with Crippen LogP contribution in [0.4, 0.5) is 0 Å². The number of benzene rings is 1. The van der Waals surface area contributed by atoms with Crippen molar-refractivity contribution >= 4 is 27.3 Å². The highest BCUT2D eigenvalue weighted by Gasteiger charge is 2.22. The van der Waals surface area contributed by atoms with E-state index in [1.165, 1.54) is 29.1 Å². The van der Waals surface area contributed by atoms with Crippen molar-refractivity contribution in [1.29, 1.82) is 0 Å². The Hall–Kier alpha value is -1.74. The fraction of sp³-hybridized carbons (Fsp3) is 0.421. The number of nitrogens with zero attached hydrogens (tertiary/aromatic N) is 1. The van der Waals surface area contributed by atoms with Crippen LogP contribution in [-0.2, 0) is 10.0 Å². The van der Waals surface area contributed by atoms with Crippen molar-refractivity contribution in [3.63, 3.8) is 0 Å². The Morgan fingerprint density at radius 3 is 2.26 bits per heavy atom. The number of hydrogen-bond acceptors (Lipinski definition) is 5. The van der Waals surface area contributed by atoms with Gasteiger partial charge in [0.05, 0.1) is 10.9 Å². The lowest BCUT2D eigenvalue weighted by Crippen LogP contribution is -2.40. The lowest BCUT2D eigenvalue weighted by Gasteiger charge is -2.23. The second kappa shape index (κ2) is 8.52. The number of carbonyl (C=O) groups excluding carboxylic acids is 1. The standard InChI is InChI=1S/C19H27N3O3S2/c1-19(2,3)21-27(24,25)15-10-8-14(9-11-15)18(23)20-13-16(22(4)5)17-7-6-12-26-17/h6-12,16,21H,13H2,1-5H3,(H,20,23). The van der Waals surface area contributed by atoms with Gasteiger partial charge in [-0.15, -0.1) is 11.3 Å². The van der Waals surface area contributed by atoms with Crippen LogP contribution >= 0.6 is 11.3 Å². The monoisotopic (exact) mass is 409 g/mol. The third kappa shape index (κ3) is 6.14. The van der Waals surface area contributed by atoms with Gasteiger partial charge in [0.1, 0.15) is 0 Å². The Morgan fingerprint density at radius 1 is 1.15 bits per heavy atom. The van der Waals surface area contributed by atoms with Gasteiger partial charge < -0.3 is 10.2 Å². The Morgan fingerprint density at radius 2 is 1.78 bits per heavy atom. The van der Waals surface area contributed by atoms with Crippen LogP contribution in [0.15, 0.2) is 46.7 Å². The molecule has 0 radical (unpaired) electrons. The zero-order valence-corrected chi connectivity index (χ0v) is 17.9. The molecule has 1 amide bonds. The average molecular weight is 410 g/mol. The van der Waals surface area contributed by atoms with Crippen molar-refractivity contribution in [3.8, 4) is 0 Å². The molecule has 27 heavy (non-hydrogen) atoms.